The van der Waals surface area contributed by atoms with Gasteiger partial charge in [0.25, 0.3) is 0 Å². The van der Waals surface area contributed by atoms with Gasteiger partial charge in [-0.2, -0.15) is 26.3 Å². The van der Waals surface area contributed by atoms with Gasteiger partial charge in [-0.05, 0) is 55.8 Å². The Morgan fingerprint density at radius 2 is 1.52 bits per heavy atom. The van der Waals surface area contributed by atoms with Gasteiger partial charge in [-0.3, -0.25) is 4.79 Å². The monoisotopic (exact) mass is 485 g/mol. The van der Waals surface area contributed by atoms with Crippen molar-refractivity contribution in [2.75, 3.05) is 11.1 Å². The van der Waals surface area contributed by atoms with Crippen LogP contribution in [0.5, 0.6) is 0 Å². The summed E-state index contributed by atoms with van der Waals surface area (Å²) >= 11 is 0.948. The number of hydrogen-bond acceptors (Lipinski definition) is 4. The van der Waals surface area contributed by atoms with Crippen molar-refractivity contribution in [2.24, 2.45) is 0 Å². The van der Waals surface area contributed by atoms with Crippen LogP contribution in [0.4, 0.5) is 32.0 Å². The molecule has 4 nitrogen and oxygen atoms in total. The number of alkyl halides is 6. The van der Waals surface area contributed by atoms with Crippen molar-refractivity contribution in [1.29, 1.82) is 0 Å². The van der Waals surface area contributed by atoms with E-state index in [0.29, 0.717) is 22.9 Å². The molecule has 0 aliphatic heterocycles. The van der Waals surface area contributed by atoms with Crippen LogP contribution in [-0.2, 0) is 17.1 Å². The first-order valence-corrected chi connectivity index (χ1v) is 10.4. The molecule has 1 heterocycles. The lowest BCUT2D eigenvalue weighted by molar-refractivity contribution is -0.143. The third kappa shape index (κ3) is 6.47. The minimum Gasteiger partial charge on any atom is -0.325 e. The number of hydrogen-bond donors (Lipinski definition) is 1. The molecule has 0 fully saturated rings. The number of amides is 1. The van der Waals surface area contributed by atoms with Crippen LogP contribution >= 0.6 is 11.8 Å². The summed E-state index contributed by atoms with van der Waals surface area (Å²) in [5.74, 6) is -1.07. The van der Waals surface area contributed by atoms with Crippen LogP contribution in [0.15, 0.2) is 53.6 Å². The Morgan fingerprint density at radius 1 is 0.879 bits per heavy atom. The van der Waals surface area contributed by atoms with Crippen molar-refractivity contribution < 1.29 is 31.1 Å². The smallest absolute Gasteiger partial charge is 0.325 e. The Kier molecular flexibility index (Phi) is 7.01. The van der Waals surface area contributed by atoms with Crippen molar-refractivity contribution in [3.63, 3.8) is 0 Å². The molecule has 174 valence electrons. The number of nitrogens with zero attached hydrogens (tertiary/aromatic N) is 2. The molecule has 1 N–H and O–H groups in total. The van der Waals surface area contributed by atoms with E-state index in [1.807, 2.05) is 32.0 Å². The highest BCUT2D eigenvalue weighted by molar-refractivity contribution is 7.99. The van der Waals surface area contributed by atoms with Crippen molar-refractivity contribution in [3.8, 4) is 11.3 Å². The van der Waals surface area contributed by atoms with E-state index in [1.165, 1.54) is 0 Å². The predicted molar refractivity (Wildman–Crippen MR) is 113 cm³/mol. The second-order valence-corrected chi connectivity index (χ2v) is 8.20. The van der Waals surface area contributed by atoms with Crippen LogP contribution in [0.25, 0.3) is 11.3 Å². The largest absolute Gasteiger partial charge is 0.416 e. The number of nitrogens with one attached hydrogen (secondary N) is 1. The number of carbonyl (C=O) groups excluding carboxylic acids is 1. The standard InChI is InChI=1S/C22H17F6N3OS/c1-12-3-4-13(2)17(7-12)18-5-6-20(31-30-18)33-11-19(32)29-16-9-14(21(23,24)25)8-15(10-16)22(26,27)28/h3-10H,11H2,1-2H3,(H,29,32). The van der Waals surface area contributed by atoms with Gasteiger partial charge in [-0.25, -0.2) is 0 Å². The number of aromatic nitrogens is 2. The topological polar surface area (TPSA) is 54.9 Å². The molecular weight excluding hydrogens is 468 g/mol. The van der Waals surface area contributed by atoms with Gasteiger partial charge in [-0.15, -0.1) is 10.2 Å². The molecule has 0 radical (unpaired) electrons. The Morgan fingerprint density at radius 3 is 2.06 bits per heavy atom. The zero-order chi connectivity index (χ0) is 24.4. The molecule has 1 aromatic heterocycles. The lowest BCUT2D eigenvalue weighted by Crippen LogP contribution is -2.17. The van der Waals surface area contributed by atoms with E-state index in [2.05, 4.69) is 15.5 Å². The Hall–Kier alpha value is -3.08. The normalized spacial score (nSPS) is 12.0. The average molecular weight is 485 g/mol. The molecule has 0 bridgehead atoms. The third-order valence-electron chi connectivity index (χ3n) is 4.53. The van der Waals surface area contributed by atoms with Crippen LogP contribution in [0, 0.1) is 13.8 Å². The molecule has 0 aliphatic carbocycles. The first-order valence-electron chi connectivity index (χ1n) is 9.46. The van der Waals surface area contributed by atoms with Crippen molar-refractivity contribution in [3.05, 3.63) is 70.8 Å². The van der Waals surface area contributed by atoms with Gasteiger partial charge in [0.1, 0.15) is 5.03 Å². The first kappa shape index (κ1) is 24.6. The number of anilines is 1. The maximum Gasteiger partial charge on any atom is 0.416 e. The van der Waals surface area contributed by atoms with Gasteiger partial charge >= 0.3 is 12.4 Å². The van der Waals surface area contributed by atoms with Crippen LogP contribution in [0.1, 0.15) is 22.3 Å². The van der Waals surface area contributed by atoms with Crippen molar-refractivity contribution >= 4 is 23.4 Å². The van der Waals surface area contributed by atoms with Crippen molar-refractivity contribution in [2.45, 2.75) is 31.2 Å². The Balaban J connectivity index is 1.69. The summed E-state index contributed by atoms with van der Waals surface area (Å²) < 4.78 is 77.7. The van der Waals surface area contributed by atoms with Gasteiger partial charge < -0.3 is 5.32 Å². The quantitative estimate of drug-likeness (QED) is 0.330. The molecule has 3 aromatic rings. The highest BCUT2D eigenvalue weighted by atomic mass is 32.2. The van der Waals surface area contributed by atoms with Gasteiger partial charge in [-0.1, -0.05) is 29.5 Å². The predicted octanol–water partition coefficient (Wildman–Crippen LogP) is 6.53. The number of rotatable bonds is 5. The molecule has 11 heteroatoms. The zero-order valence-corrected chi connectivity index (χ0v) is 18.1. The zero-order valence-electron chi connectivity index (χ0n) is 17.3. The summed E-state index contributed by atoms with van der Waals surface area (Å²) in [6, 6.07) is 10.1. The lowest BCUT2D eigenvalue weighted by atomic mass is 10.0. The maximum atomic E-state index is 12.9. The molecular formula is C22H17F6N3OS. The molecule has 0 saturated carbocycles. The summed E-state index contributed by atoms with van der Waals surface area (Å²) in [6.45, 7) is 3.88. The molecule has 0 unspecified atom stereocenters. The van der Waals surface area contributed by atoms with E-state index in [0.717, 1.165) is 28.5 Å². The summed E-state index contributed by atoms with van der Waals surface area (Å²) in [5.41, 5.74) is -0.0132. The third-order valence-corrected chi connectivity index (χ3v) is 5.45. The van der Waals surface area contributed by atoms with E-state index >= 15 is 0 Å². The minimum atomic E-state index is -5.00. The summed E-state index contributed by atoms with van der Waals surface area (Å²) in [4.78, 5) is 12.1. The highest BCUT2D eigenvalue weighted by Gasteiger charge is 2.37. The van der Waals surface area contributed by atoms with E-state index in [9.17, 15) is 31.1 Å². The number of aryl methyl sites for hydroxylation is 2. The molecule has 33 heavy (non-hydrogen) atoms. The molecule has 1 amide bonds. The average Bonchev–Trinajstić information content (AvgIpc) is 2.73. The van der Waals surface area contributed by atoms with Gasteiger partial charge in [0.15, 0.2) is 0 Å². The minimum absolute atomic E-state index is 0.00249. The Bertz CT molecular complexity index is 1130. The van der Waals surface area contributed by atoms with Gasteiger partial charge in [0, 0.05) is 11.3 Å². The molecule has 3 rings (SSSR count). The lowest BCUT2D eigenvalue weighted by Gasteiger charge is -2.14. The molecule has 0 saturated heterocycles. The highest BCUT2D eigenvalue weighted by Crippen LogP contribution is 2.37. The number of carbonyl (C=O) groups is 1. The number of benzene rings is 2. The second-order valence-electron chi connectivity index (χ2n) is 7.21. The maximum absolute atomic E-state index is 12.9. The summed E-state index contributed by atoms with van der Waals surface area (Å²) in [6.07, 6.45) is -10.00. The van der Waals surface area contributed by atoms with Crippen molar-refractivity contribution in [1.82, 2.24) is 10.2 Å². The van der Waals surface area contributed by atoms with E-state index in [-0.39, 0.29) is 11.8 Å². The molecule has 2 aromatic carbocycles. The molecule has 0 aliphatic rings. The van der Waals surface area contributed by atoms with Crippen LogP contribution in [-0.4, -0.2) is 21.9 Å². The molecule has 0 spiro atoms. The van der Waals surface area contributed by atoms with Crippen LogP contribution in [0.3, 0.4) is 0 Å². The Labute approximate surface area is 189 Å². The first-order chi connectivity index (χ1) is 15.3. The van der Waals surface area contributed by atoms with Crippen LogP contribution in [0.2, 0.25) is 0 Å². The van der Waals surface area contributed by atoms with Gasteiger partial charge in [0.05, 0.1) is 22.6 Å². The van der Waals surface area contributed by atoms with Crippen LogP contribution < -0.4 is 5.32 Å². The SMILES string of the molecule is Cc1ccc(C)c(-c2ccc(SCC(=O)Nc3cc(C(F)(F)F)cc(C(F)(F)F)c3)nn2)c1. The van der Waals surface area contributed by atoms with Gasteiger partial charge in [0.2, 0.25) is 5.91 Å². The fourth-order valence-electron chi connectivity index (χ4n) is 2.92. The number of thioether (sulfide) groups is 1. The van der Waals surface area contributed by atoms with E-state index in [4.69, 9.17) is 0 Å². The summed E-state index contributed by atoms with van der Waals surface area (Å²) in [7, 11) is 0. The molecule has 0 atom stereocenters. The van der Waals surface area contributed by atoms with E-state index < -0.39 is 35.1 Å². The fourth-order valence-corrected chi connectivity index (χ4v) is 3.53. The summed E-state index contributed by atoms with van der Waals surface area (Å²) in [5, 5.41) is 10.6. The second kappa shape index (κ2) is 9.42. The van der Waals surface area contributed by atoms with E-state index in [1.54, 1.807) is 12.1 Å². The fraction of sp³-hybridized carbons (Fsp3) is 0.227. The number of halogens is 6.